The number of rotatable bonds is 2. The molecule has 2 unspecified atom stereocenters. The van der Waals surface area contributed by atoms with Gasteiger partial charge >= 0.3 is 5.97 Å². The molecule has 0 radical (unpaired) electrons. The number of aliphatic carboxylic acids is 1. The van der Waals surface area contributed by atoms with E-state index in [1.807, 2.05) is 25.2 Å². The SMILES string of the molecule is Cn1c(C2CCC(C(=O)O)C2)nc2ccccc21. The maximum Gasteiger partial charge on any atom is 0.306 e. The van der Waals surface area contributed by atoms with Gasteiger partial charge in [-0.15, -0.1) is 0 Å². The van der Waals surface area contributed by atoms with Gasteiger partial charge in [-0.1, -0.05) is 12.1 Å². The first kappa shape index (κ1) is 11.3. The molecule has 3 rings (SSSR count). The zero-order valence-electron chi connectivity index (χ0n) is 10.3. The number of benzene rings is 1. The van der Waals surface area contributed by atoms with Crippen molar-refractivity contribution in [2.75, 3.05) is 0 Å². The zero-order valence-corrected chi connectivity index (χ0v) is 10.3. The van der Waals surface area contributed by atoms with Crippen molar-refractivity contribution in [2.24, 2.45) is 13.0 Å². The lowest BCUT2D eigenvalue weighted by atomic mass is 10.0. The Hall–Kier alpha value is -1.84. The van der Waals surface area contributed by atoms with Gasteiger partial charge < -0.3 is 9.67 Å². The van der Waals surface area contributed by atoms with Crippen LogP contribution in [0, 0.1) is 5.92 Å². The normalized spacial score (nSPS) is 23.6. The number of carboxylic acid groups (broad SMARTS) is 1. The molecule has 1 aromatic carbocycles. The van der Waals surface area contributed by atoms with Crippen LogP contribution in [0.1, 0.15) is 31.0 Å². The number of aromatic nitrogens is 2. The molecular weight excluding hydrogens is 228 g/mol. The molecule has 4 nitrogen and oxygen atoms in total. The minimum atomic E-state index is -0.670. The van der Waals surface area contributed by atoms with Gasteiger partial charge in [0.1, 0.15) is 5.82 Å². The molecule has 2 aromatic rings. The second-order valence-corrected chi connectivity index (χ2v) is 5.06. The Morgan fingerprint density at radius 1 is 1.39 bits per heavy atom. The van der Waals surface area contributed by atoms with Gasteiger partial charge in [-0.2, -0.15) is 0 Å². The molecule has 0 aliphatic heterocycles. The first-order chi connectivity index (χ1) is 8.66. The third-order valence-electron chi connectivity index (χ3n) is 3.97. The maximum atomic E-state index is 11.0. The molecule has 4 heteroatoms. The quantitative estimate of drug-likeness (QED) is 0.883. The monoisotopic (exact) mass is 244 g/mol. The van der Waals surface area contributed by atoms with E-state index < -0.39 is 5.97 Å². The molecule has 94 valence electrons. The highest BCUT2D eigenvalue weighted by molar-refractivity contribution is 5.76. The van der Waals surface area contributed by atoms with Crippen molar-refractivity contribution in [1.82, 2.24) is 9.55 Å². The lowest BCUT2D eigenvalue weighted by Gasteiger charge is -2.09. The fourth-order valence-electron chi connectivity index (χ4n) is 2.97. The number of imidazole rings is 1. The molecular formula is C14H16N2O2. The van der Waals surface area contributed by atoms with E-state index in [2.05, 4.69) is 15.6 Å². The summed E-state index contributed by atoms with van der Waals surface area (Å²) in [7, 11) is 2.01. The summed E-state index contributed by atoms with van der Waals surface area (Å²) in [5.41, 5.74) is 2.11. The van der Waals surface area contributed by atoms with Gasteiger partial charge in [0.05, 0.1) is 17.0 Å². The van der Waals surface area contributed by atoms with Crippen molar-refractivity contribution < 1.29 is 9.90 Å². The van der Waals surface area contributed by atoms with E-state index in [-0.39, 0.29) is 11.8 Å². The summed E-state index contributed by atoms with van der Waals surface area (Å²) >= 11 is 0. The highest BCUT2D eigenvalue weighted by atomic mass is 16.4. The van der Waals surface area contributed by atoms with Gasteiger partial charge in [-0.3, -0.25) is 4.79 Å². The summed E-state index contributed by atoms with van der Waals surface area (Å²) < 4.78 is 2.10. The molecule has 2 atom stereocenters. The Morgan fingerprint density at radius 3 is 2.83 bits per heavy atom. The van der Waals surface area contributed by atoms with Crippen molar-refractivity contribution >= 4 is 17.0 Å². The minimum absolute atomic E-state index is 0.199. The second-order valence-electron chi connectivity index (χ2n) is 5.06. The third-order valence-corrected chi connectivity index (χ3v) is 3.97. The molecule has 1 aliphatic rings. The molecule has 1 saturated carbocycles. The van der Waals surface area contributed by atoms with Gasteiger partial charge in [-0.05, 0) is 31.4 Å². The van der Waals surface area contributed by atoms with Gasteiger partial charge in [0.25, 0.3) is 0 Å². The van der Waals surface area contributed by atoms with E-state index >= 15 is 0 Å². The summed E-state index contributed by atoms with van der Waals surface area (Å²) in [6, 6.07) is 8.04. The Kier molecular flexibility index (Phi) is 2.58. The number of hydrogen-bond donors (Lipinski definition) is 1. The average molecular weight is 244 g/mol. The van der Waals surface area contributed by atoms with Crippen LogP contribution in [-0.2, 0) is 11.8 Å². The number of carbonyl (C=O) groups is 1. The van der Waals surface area contributed by atoms with Crippen LogP contribution in [0.3, 0.4) is 0 Å². The molecule has 0 bridgehead atoms. The van der Waals surface area contributed by atoms with Gasteiger partial charge in [0, 0.05) is 13.0 Å². The maximum absolute atomic E-state index is 11.0. The van der Waals surface area contributed by atoms with Crippen LogP contribution in [0.4, 0.5) is 0 Å². The Balaban J connectivity index is 1.96. The average Bonchev–Trinajstić information content (AvgIpc) is 2.95. The summed E-state index contributed by atoms with van der Waals surface area (Å²) in [6.07, 6.45) is 2.41. The van der Waals surface area contributed by atoms with Gasteiger partial charge in [-0.25, -0.2) is 4.98 Å². The summed E-state index contributed by atoms with van der Waals surface area (Å²) in [5.74, 6) is 0.439. The lowest BCUT2D eigenvalue weighted by Crippen LogP contribution is -2.10. The standard InChI is InChI=1S/C14H16N2O2/c1-16-12-5-3-2-4-11(12)15-13(16)9-6-7-10(8-9)14(17)18/h2-5,9-10H,6-8H2,1H3,(H,17,18). The van der Waals surface area contributed by atoms with E-state index in [0.717, 1.165) is 29.7 Å². The Morgan fingerprint density at radius 2 is 2.17 bits per heavy atom. The smallest absolute Gasteiger partial charge is 0.306 e. The first-order valence-corrected chi connectivity index (χ1v) is 6.31. The predicted octanol–water partition coefficient (Wildman–Crippen LogP) is 2.54. The van der Waals surface area contributed by atoms with E-state index in [4.69, 9.17) is 5.11 Å². The van der Waals surface area contributed by atoms with E-state index in [1.165, 1.54) is 0 Å². The number of nitrogens with zero attached hydrogens (tertiary/aromatic N) is 2. The Labute approximate surface area is 105 Å². The number of aryl methyl sites for hydroxylation is 1. The Bertz CT molecular complexity index is 603. The predicted molar refractivity (Wildman–Crippen MR) is 68.4 cm³/mol. The summed E-state index contributed by atoms with van der Waals surface area (Å²) in [6.45, 7) is 0. The van der Waals surface area contributed by atoms with Crippen LogP contribution in [0.25, 0.3) is 11.0 Å². The van der Waals surface area contributed by atoms with Crippen molar-refractivity contribution in [3.63, 3.8) is 0 Å². The van der Waals surface area contributed by atoms with E-state index in [0.29, 0.717) is 6.42 Å². The highest BCUT2D eigenvalue weighted by Crippen LogP contribution is 2.38. The van der Waals surface area contributed by atoms with Crippen LogP contribution in [-0.4, -0.2) is 20.6 Å². The molecule has 1 aliphatic carbocycles. The highest BCUT2D eigenvalue weighted by Gasteiger charge is 2.32. The third kappa shape index (κ3) is 1.68. The fraction of sp³-hybridized carbons (Fsp3) is 0.429. The van der Waals surface area contributed by atoms with E-state index in [1.54, 1.807) is 0 Å². The molecule has 1 N–H and O–H groups in total. The second kappa shape index (κ2) is 4.12. The van der Waals surface area contributed by atoms with Crippen LogP contribution in [0.15, 0.2) is 24.3 Å². The van der Waals surface area contributed by atoms with Crippen molar-refractivity contribution in [3.8, 4) is 0 Å². The first-order valence-electron chi connectivity index (χ1n) is 6.31. The largest absolute Gasteiger partial charge is 0.481 e. The topological polar surface area (TPSA) is 55.1 Å². The summed E-state index contributed by atoms with van der Waals surface area (Å²) in [5, 5.41) is 9.06. The van der Waals surface area contributed by atoms with Gasteiger partial charge in [0.2, 0.25) is 0 Å². The zero-order chi connectivity index (χ0) is 12.7. The lowest BCUT2D eigenvalue weighted by molar-refractivity contribution is -0.141. The minimum Gasteiger partial charge on any atom is -0.481 e. The molecule has 1 heterocycles. The van der Waals surface area contributed by atoms with Crippen LogP contribution >= 0.6 is 0 Å². The number of para-hydroxylation sites is 2. The van der Waals surface area contributed by atoms with Crippen molar-refractivity contribution in [1.29, 1.82) is 0 Å². The number of carboxylic acids is 1. The molecule has 0 spiro atoms. The molecule has 18 heavy (non-hydrogen) atoms. The molecule has 1 fully saturated rings. The van der Waals surface area contributed by atoms with Crippen LogP contribution in [0.5, 0.6) is 0 Å². The van der Waals surface area contributed by atoms with Crippen molar-refractivity contribution in [2.45, 2.75) is 25.2 Å². The fourth-order valence-corrected chi connectivity index (χ4v) is 2.97. The van der Waals surface area contributed by atoms with E-state index in [9.17, 15) is 4.79 Å². The molecule has 0 saturated heterocycles. The molecule has 1 aromatic heterocycles. The molecule has 0 amide bonds. The number of hydrogen-bond acceptors (Lipinski definition) is 2. The van der Waals surface area contributed by atoms with Crippen LogP contribution < -0.4 is 0 Å². The number of fused-ring (bicyclic) bond motifs is 1. The van der Waals surface area contributed by atoms with Crippen LogP contribution in [0.2, 0.25) is 0 Å². The van der Waals surface area contributed by atoms with Crippen molar-refractivity contribution in [3.05, 3.63) is 30.1 Å². The summed E-state index contributed by atoms with van der Waals surface area (Å²) in [4.78, 5) is 15.7. The van der Waals surface area contributed by atoms with Gasteiger partial charge in [0.15, 0.2) is 0 Å².